The molecule has 0 unspecified atom stereocenters. The van der Waals surface area contributed by atoms with Gasteiger partial charge in [0.05, 0.1) is 0 Å². The third-order valence-electron chi connectivity index (χ3n) is 20.3. The first-order valence-electron chi connectivity index (χ1n) is 28.6. The molecule has 0 aromatic carbocycles. The third kappa shape index (κ3) is 13.6. The third-order valence-corrected chi connectivity index (χ3v) is 37.3. The van der Waals surface area contributed by atoms with Crippen LogP contribution < -0.4 is 0 Å². The smallest absolute Gasteiger partial charge is 2.00 e. The summed E-state index contributed by atoms with van der Waals surface area (Å²) in [5, 5.41) is 0. The first-order chi connectivity index (χ1) is 29.4. The van der Waals surface area contributed by atoms with Crippen molar-refractivity contribution in [2.75, 3.05) is 0 Å². The van der Waals surface area contributed by atoms with Crippen LogP contribution in [0.15, 0.2) is 0 Å². The summed E-state index contributed by atoms with van der Waals surface area (Å²) >= 11 is 0. The van der Waals surface area contributed by atoms with Gasteiger partial charge in [-0.3, -0.25) is 0 Å². The van der Waals surface area contributed by atoms with Crippen LogP contribution in [0.2, 0.25) is 49.9 Å². The Morgan fingerprint density at radius 1 is 0.177 bits per heavy atom. The van der Waals surface area contributed by atoms with E-state index in [-0.39, 0.29) is 24.0 Å². The maximum absolute atomic E-state index is 12.0. The summed E-state index contributed by atoms with van der Waals surface area (Å²) in [5.74, 6) is 0. The predicted molar refractivity (Wildman–Crippen MR) is 266 cm³/mol. The van der Waals surface area contributed by atoms with Crippen molar-refractivity contribution in [3.05, 3.63) is 0 Å². The fourth-order valence-corrected chi connectivity index (χ4v) is 35.1. The first-order valence-corrected chi connectivity index (χ1v) is 35.2. The minimum atomic E-state index is -2.05. The van der Waals surface area contributed by atoms with Crippen molar-refractivity contribution >= 4 is 25.0 Å². The summed E-state index contributed by atoms with van der Waals surface area (Å²) in [6.45, 7) is 0. The Morgan fingerprint density at radius 3 is 0.339 bits per heavy atom. The van der Waals surface area contributed by atoms with Gasteiger partial charge in [0.15, 0.2) is 25.0 Å². The van der Waals surface area contributed by atoms with E-state index >= 15 is 0 Å². The number of hydrogen-bond acceptors (Lipinski definition) is 3. The van der Waals surface area contributed by atoms with Gasteiger partial charge in [0.1, 0.15) is 0 Å². The molecule has 9 rings (SSSR count). The molecule has 1 radical (unpaired) electrons. The van der Waals surface area contributed by atoms with Gasteiger partial charge in [-0.25, -0.2) is 0 Å². The van der Waals surface area contributed by atoms with Gasteiger partial charge < -0.3 is 19.9 Å². The number of hydrogen-bond donors (Lipinski definition) is 3. The van der Waals surface area contributed by atoms with E-state index in [2.05, 4.69) is 0 Å². The normalized spacial score (nSPS) is 27.7. The molecule has 8 heteroatoms. The molecule has 9 aliphatic carbocycles. The van der Waals surface area contributed by atoms with Crippen molar-refractivity contribution < 1.29 is 38.4 Å². The Hall–Kier alpha value is 1.08. The monoisotopic (exact) mass is 950 g/mol. The van der Waals surface area contributed by atoms with Crippen LogP contribution in [0.1, 0.15) is 289 Å². The Kier molecular flexibility index (Phi) is 24.3. The van der Waals surface area contributed by atoms with Crippen LogP contribution in [0.25, 0.3) is 0 Å². The molecule has 0 aromatic heterocycles. The van der Waals surface area contributed by atoms with E-state index in [1.807, 2.05) is 0 Å². The molecule has 3 N–H and O–H groups in total. The van der Waals surface area contributed by atoms with Gasteiger partial charge in [-0.1, -0.05) is 289 Å². The van der Waals surface area contributed by atoms with E-state index in [0.29, 0.717) is 0 Å². The molecule has 359 valence electrons. The largest absolute Gasteiger partial charge is 2.00 e. The van der Waals surface area contributed by atoms with Crippen molar-refractivity contribution in [1.29, 1.82) is 0 Å². The number of rotatable bonds is 9. The Bertz CT molecular complexity index is 875. The average Bonchev–Trinajstić information content (AvgIpc) is 3.36. The van der Waals surface area contributed by atoms with Crippen molar-refractivity contribution in [1.82, 2.24) is 0 Å². The Morgan fingerprint density at radius 2 is 0.258 bits per heavy atom. The van der Waals surface area contributed by atoms with Crippen LogP contribution >= 0.6 is 0 Å². The quantitative estimate of drug-likeness (QED) is 0.201. The van der Waals surface area contributed by atoms with Crippen molar-refractivity contribution in [2.45, 2.75) is 339 Å². The molecule has 9 fully saturated rings. The van der Waals surface area contributed by atoms with E-state index in [9.17, 15) is 14.4 Å². The Labute approximate surface area is 399 Å². The molecule has 4 nitrogen and oxygen atoms in total. The molecule has 0 saturated heterocycles. The SMILES string of the molecule is O[Si](C1CCCCC1)(C1CCCCC1)C1CCCCC1.O[Si](C1CCCCC1)(C1CCCCC1)C1CCCCC1.O[Si](C1CCCCC1)(C1CCCCC1)C1CCCCC1.[O-2].[V+2]. The molecular weight excluding hydrogens is 848 g/mol. The average molecular weight is 951 g/mol. The molecule has 9 saturated carbocycles. The van der Waals surface area contributed by atoms with Crippen LogP contribution in [-0.2, 0) is 24.0 Å². The van der Waals surface area contributed by atoms with Crippen LogP contribution in [0.5, 0.6) is 0 Å². The van der Waals surface area contributed by atoms with E-state index in [4.69, 9.17) is 0 Å². The summed E-state index contributed by atoms with van der Waals surface area (Å²) in [5.41, 5.74) is 6.90. The molecule has 0 bridgehead atoms. The fraction of sp³-hybridized carbons (Fsp3) is 1.00. The van der Waals surface area contributed by atoms with Crippen molar-refractivity contribution in [3.63, 3.8) is 0 Å². The molecule has 0 atom stereocenters. The minimum absolute atomic E-state index is 0. The van der Waals surface area contributed by atoms with Crippen LogP contribution in [0.4, 0.5) is 0 Å². The zero-order chi connectivity index (χ0) is 41.5. The van der Waals surface area contributed by atoms with Crippen molar-refractivity contribution in [2.24, 2.45) is 0 Å². The maximum Gasteiger partial charge on any atom is 2.00 e. The standard InChI is InChI=1S/3C18H34OSi.O.V/c3*19-20(16-10-4-1-5-11-16,17-12-6-2-7-13-17)18-14-8-3-9-15-18;;/h3*16-19H,1-15H2;;/q;;;-2;+2. The van der Waals surface area contributed by atoms with Gasteiger partial charge in [0.25, 0.3) is 0 Å². The second kappa shape index (κ2) is 27.9. The first kappa shape index (κ1) is 54.0. The predicted octanol–water partition coefficient (Wildman–Crippen LogP) is 17.7. The van der Waals surface area contributed by atoms with Gasteiger partial charge in [0.2, 0.25) is 0 Å². The molecule has 62 heavy (non-hydrogen) atoms. The summed E-state index contributed by atoms with van der Waals surface area (Å²) in [6.07, 6.45) is 62.8. The van der Waals surface area contributed by atoms with Crippen LogP contribution in [0, 0.1) is 0 Å². The fourth-order valence-electron chi connectivity index (χ4n) is 17.1. The second-order valence-electron chi connectivity index (χ2n) is 23.7. The van der Waals surface area contributed by atoms with E-state index in [0.717, 1.165) is 49.9 Å². The summed E-state index contributed by atoms with van der Waals surface area (Å²) in [6, 6.07) is 0. The van der Waals surface area contributed by atoms with Gasteiger partial charge in [-0.05, 0) is 49.9 Å². The van der Waals surface area contributed by atoms with E-state index < -0.39 is 25.0 Å². The summed E-state index contributed by atoms with van der Waals surface area (Å²) in [7, 11) is -6.14. The van der Waals surface area contributed by atoms with E-state index in [1.54, 1.807) is 0 Å². The zero-order valence-electron chi connectivity index (χ0n) is 40.7. The van der Waals surface area contributed by atoms with Crippen molar-refractivity contribution in [3.8, 4) is 0 Å². The minimum Gasteiger partial charge on any atom is -2.00 e. The van der Waals surface area contributed by atoms with Gasteiger partial charge in [0, 0.05) is 0 Å². The molecule has 0 heterocycles. The molecule has 0 spiro atoms. The Balaban J connectivity index is 0.000000173. The molecule has 0 amide bonds. The molecule has 0 aliphatic heterocycles. The van der Waals surface area contributed by atoms with Gasteiger partial charge in [-0.2, -0.15) is 0 Å². The topological polar surface area (TPSA) is 89.2 Å². The molecule has 9 aliphatic rings. The summed E-state index contributed by atoms with van der Waals surface area (Å²) in [4.78, 5) is 36.1. The molecular formula is C54H102O4Si3V. The maximum atomic E-state index is 12.0. The van der Waals surface area contributed by atoms with Crippen LogP contribution in [-0.4, -0.2) is 39.3 Å². The van der Waals surface area contributed by atoms with E-state index in [1.165, 1.54) is 289 Å². The molecule has 0 aromatic rings. The van der Waals surface area contributed by atoms with Gasteiger partial charge in [-0.15, -0.1) is 0 Å². The van der Waals surface area contributed by atoms with Gasteiger partial charge >= 0.3 is 18.6 Å². The second-order valence-corrected chi connectivity index (χ2v) is 36.3. The zero-order valence-corrected chi connectivity index (χ0v) is 45.1. The van der Waals surface area contributed by atoms with Crippen LogP contribution in [0.3, 0.4) is 0 Å². The summed E-state index contributed by atoms with van der Waals surface area (Å²) < 4.78 is 0.